The van der Waals surface area contributed by atoms with Gasteiger partial charge in [0.15, 0.2) is 9.75 Å². The molecule has 4 fully saturated rings. The highest BCUT2D eigenvalue weighted by Gasteiger charge is 2.76. The molecule has 4 amide bonds. The van der Waals surface area contributed by atoms with Gasteiger partial charge in [0.05, 0.1) is 11.8 Å². The predicted molar refractivity (Wildman–Crippen MR) is 165 cm³/mol. The number of likely N-dealkylation sites (tertiary alicyclic amines) is 3. The molecule has 2 aromatic carbocycles. The topological polar surface area (TPSA) is 98.2 Å². The Balaban J connectivity index is 1.21. The first-order valence-electron chi connectivity index (χ1n) is 15.3. The lowest BCUT2D eigenvalue weighted by atomic mass is 9.56. The third-order valence-corrected chi connectivity index (χ3v) is 12.2. The van der Waals surface area contributed by atoms with E-state index < -0.39 is 45.2 Å². The second-order valence-electron chi connectivity index (χ2n) is 13.1. The van der Waals surface area contributed by atoms with Gasteiger partial charge >= 0.3 is 0 Å². The van der Waals surface area contributed by atoms with Gasteiger partial charge in [-0.15, -0.1) is 23.2 Å². The highest BCUT2D eigenvalue weighted by Crippen LogP contribution is 2.65. The highest BCUT2D eigenvalue weighted by atomic mass is 35.5. The van der Waals surface area contributed by atoms with E-state index in [1.54, 1.807) is 19.1 Å². The zero-order valence-corrected chi connectivity index (χ0v) is 26.2. The van der Waals surface area contributed by atoms with Gasteiger partial charge < -0.3 is 5.11 Å². The summed E-state index contributed by atoms with van der Waals surface area (Å²) >= 11 is 14.5. The van der Waals surface area contributed by atoms with Crippen molar-refractivity contribution >= 4 is 46.8 Å². The van der Waals surface area contributed by atoms with E-state index in [0.29, 0.717) is 30.4 Å². The van der Waals surface area contributed by atoms with Gasteiger partial charge in [-0.2, -0.15) is 0 Å². The minimum atomic E-state index is -1.82. The van der Waals surface area contributed by atoms with Crippen molar-refractivity contribution in [3.63, 3.8) is 0 Å². The molecule has 1 saturated carbocycles. The fourth-order valence-electron chi connectivity index (χ4n) is 8.54. The van der Waals surface area contributed by atoms with Crippen LogP contribution in [-0.4, -0.2) is 79.4 Å². The van der Waals surface area contributed by atoms with Crippen molar-refractivity contribution in [3.8, 4) is 5.75 Å². The molecule has 3 aliphatic heterocycles. The van der Waals surface area contributed by atoms with Gasteiger partial charge in [0.1, 0.15) is 5.75 Å². The predicted octanol–water partition coefficient (Wildman–Crippen LogP) is 4.35. The molecule has 10 heteroatoms. The molecule has 1 N–H and O–H groups in total. The summed E-state index contributed by atoms with van der Waals surface area (Å²) in [5.41, 5.74) is 3.21. The van der Waals surface area contributed by atoms with Crippen LogP contribution in [0.3, 0.4) is 0 Å². The summed E-state index contributed by atoms with van der Waals surface area (Å²) < 4.78 is 0. The molecule has 5 aliphatic rings. The number of imide groups is 2. The number of rotatable bonds is 4. The molecular formula is C34H35Cl2N3O5. The average Bonchev–Trinajstić information content (AvgIpc) is 3.34. The quantitative estimate of drug-likeness (QED) is 0.305. The number of phenols is 1. The Hall–Kier alpha value is -3.20. The monoisotopic (exact) mass is 635 g/mol. The number of carbonyl (C=O) groups excluding carboxylic acids is 4. The van der Waals surface area contributed by atoms with Crippen LogP contribution in [0.25, 0.3) is 0 Å². The Labute approximate surface area is 266 Å². The van der Waals surface area contributed by atoms with Crippen molar-refractivity contribution in [2.24, 2.45) is 17.8 Å². The summed E-state index contributed by atoms with van der Waals surface area (Å²) in [5.74, 6) is -4.07. The lowest BCUT2D eigenvalue weighted by molar-refractivity contribution is -0.144. The standard InChI is InChI=1S/C34H35Cl2N3O5/c1-19-16-21(8-11-26(19)40)28-23-9-10-24-27(25(23)17-33(35)31(43)37(2)32(44)34(28,33)36)30(42)39(29(24)41)22-12-14-38(15-13-22)18-20-6-4-3-5-7-20/h3-9,11,16,22,24-25,27-28,40H,10,12-15,17-18H2,1-2H3/t24-,25+,27-,28-,33+,34-/m0/s1. The molecule has 230 valence electrons. The normalized spacial score (nSPS) is 34.2. The summed E-state index contributed by atoms with van der Waals surface area (Å²) in [5, 5.41) is 10.2. The van der Waals surface area contributed by atoms with Crippen LogP contribution in [0.4, 0.5) is 0 Å². The molecule has 0 spiro atoms. The first-order valence-corrected chi connectivity index (χ1v) is 16.1. The smallest absolute Gasteiger partial charge is 0.253 e. The molecule has 0 bridgehead atoms. The van der Waals surface area contributed by atoms with Crippen molar-refractivity contribution in [2.45, 2.75) is 60.9 Å². The van der Waals surface area contributed by atoms with E-state index in [1.807, 2.05) is 24.3 Å². The summed E-state index contributed by atoms with van der Waals surface area (Å²) in [4.78, 5) is 56.8. The van der Waals surface area contributed by atoms with Gasteiger partial charge in [-0.25, -0.2) is 0 Å². The number of aryl methyl sites for hydroxylation is 1. The van der Waals surface area contributed by atoms with Crippen LogP contribution in [0.1, 0.15) is 48.3 Å². The van der Waals surface area contributed by atoms with Gasteiger partial charge in [-0.3, -0.25) is 33.9 Å². The molecule has 3 saturated heterocycles. The summed E-state index contributed by atoms with van der Waals surface area (Å²) in [6.45, 7) is 4.13. The molecular weight excluding hydrogens is 601 g/mol. The number of alkyl halides is 2. The largest absolute Gasteiger partial charge is 0.508 e. The number of carbonyl (C=O) groups is 4. The number of benzene rings is 2. The molecule has 2 aliphatic carbocycles. The maximum absolute atomic E-state index is 14.3. The summed E-state index contributed by atoms with van der Waals surface area (Å²) in [7, 11) is 1.38. The Morgan fingerprint density at radius 1 is 0.932 bits per heavy atom. The molecule has 0 aromatic heterocycles. The molecule has 2 aromatic rings. The zero-order chi connectivity index (χ0) is 31.1. The number of hydrogen-bond donors (Lipinski definition) is 1. The Bertz CT molecular complexity index is 1610. The molecule has 6 atom stereocenters. The SMILES string of the molecule is Cc1cc([C@H]2C3=CC[C@@H]4C(=O)N(C5CCN(Cc6ccccc6)CC5)C(=O)[C@@H]4[C@@H]3C[C@@]3(Cl)C(=O)N(C)C(=O)[C@@]23Cl)ccc1O. The minimum absolute atomic E-state index is 0.0179. The van der Waals surface area contributed by atoms with E-state index in [1.165, 1.54) is 23.6 Å². The Morgan fingerprint density at radius 3 is 2.32 bits per heavy atom. The summed E-state index contributed by atoms with van der Waals surface area (Å²) in [6, 6.07) is 15.1. The number of aromatic hydroxyl groups is 1. The second-order valence-corrected chi connectivity index (χ2v) is 14.3. The second kappa shape index (κ2) is 10.4. The van der Waals surface area contributed by atoms with Gasteiger partial charge in [0.25, 0.3) is 11.8 Å². The van der Waals surface area contributed by atoms with Gasteiger partial charge in [0, 0.05) is 38.6 Å². The molecule has 3 heterocycles. The molecule has 0 radical (unpaired) electrons. The number of fused-ring (bicyclic) bond motifs is 4. The maximum atomic E-state index is 14.3. The van der Waals surface area contributed by atoms with E-state index in [2.05, 4.69) is 17.0 Å². The van der Waals surface area contributed by atoms with E-state index in [0.717, 1.165) is 30.1 Å². The van der Waals surface area contributed by atoms with Gasteiger partial charge in [-0.05, 0) is 61.3 Å². The van der Waals surface area contributed by atoms with Crippen molar-refractivity contribution in [2.75, 3.05) is 20.1 Å². The van der Waals surface area contributed by atoms with Gasteiger partial charge in [-0.1, -0.05) is 54.1 Å². The van der Waals surface area contributed by atoms with Crippen LogP contribution in [0.5, 0.6) is 5.75 Å². The summed E-state index contributed by atoms with van der Waals surface area (Å²) in [6.07, 6.45) is 3.68. The van der Waals surface area contributed by atoms with E-state index in [9.17, 15) is 24.3 Å². The first-order chi connectivity index (χ1) is 21.0. The van der Waals surface area contributed by atoms with Crippen LogP contribution in [0, 0.1) is 24.7 Å². The molecule has 8 nitrogen and oxygen atoms in total. The molecule has 0 unspecified atom stereocenters. The van der Waals surface area contributed by atoms with Crippen molar-refractivity contribution in [3.05, 3.63) is 76.9 Å². The molecule has 7 rings (SSSR count). The van der Waals surface area contributed by atoms with Crippen LogP contribution < -0.4 is 0 Å². The van der Waals surface area contributed by atoms with Gasteiger partial charge in [0.2, 0.25) is 11.8 Å². The minimum Gasteiger partial charge on any atom is -0.508 e. The van der Waals surface area contributed by atoms with Crippen LogP contribution in [0.2, 0.25) is 0 Å². The average molecular weight is 637 g/mol. The van der Waals surface area contributed by atoms with Crippen LogP contribution >= 0.6 is 23.2 Å². The van der Waals surface area contributed by atoms with E-state index in [4.69, 9.17) is 23.2 Å². The Morgan fingerprint density at radius 2 is 1.64 bits per heavy atom. The van der Waals surface area contributed by atoms with Crippen molar-refractivity contribution in [1.29, 1.82) is 0 Å². The highest BCUT2D eigenvalue weighted by molar-refractivity contribution is 6.53. The number of allylic oxidation sites excluding steroid dienone is 2. The number of amides is 4. The van der Waals surface area contributed by atoms with Crippen LogP contribution in [-0.2, 0) is 25.7 Å². The number of nitrogens with zero attached hydrogens (tertiary/aromatic N) is 3. The first kappa shape index (κ1) is 29.5. The lowest BCUT2D eigenvalue weighted by Crippen LogP contribution is -2.60. The fourth-order valence-corrected chi connectivity index (χ4v) is 9.56. The zero-order valence-electron chi connectivity index (χ0n) is 24.7. The lowest BCUT2D eigenvalue weighted by Gasteiger charge is -2.50. The van der Waals surface area contributed by atoms with Crippen molar-refractivity contribution in [1.82, 2.24) is 14.7 Å². The van der Waals surface area contributed by atoms with Crippen LogP contribution in [0.15, 0.2) is 60.2 Å². The Kier molecular flexibility index (Phi) is 6.99. The van der Waals surface area contributed by atoms with Crippen molar-refractivity contribution < 1.29 is 24.3 Å². The number of halogens is 2. The maximum Gasteiger partial charge on any atom is 0.253 e. The third kappa shape index (κ3) is 4.06. The number of piperidine rings is 1. The number of phenolic OH excluding ortho intramolecular Hbond substituents is 1. The van der Waals surface area contributed by atoms with E-state index in [-0.39, 0.29) is 30.0 Å². The molecule has 44 heavy (non-hydrogen) atoms. The fraction of sp³-hybridized carbons (Fsp3) is 0.471. The van der Waals surface area contributed by atoms with E-state index >= 15 is 0 Å². The third-order valence-electron chi connectivity index (χ3n) is 10.8. The number of hydrogen-bond acceptors (Lipinski definition) is 6.